The normalized spacial score (nSPS) is 11.7. The number of hydrogen-bond donors (Lipinski definition) is 0. The molecule has 0 aliphatic carbocycles. The minimum atomic E-state index is -0.334. The van der Waals surface area contributed by atoms with Crippen molar-refractivity contribution in [1.82, 2.24) is 0 Å². The van der Waals surface area contributed by atoms with Gasteiger partial charge in [-0.05, 0) is 43.2 Å². The summed E-state index contributed by atoms with van der Waals surface area (Å²) in [6.07, 6.45) is 1.03. The molecule has 0 aliphatic rings. The van der Waals surface area contributed by atoms with Gasteiger partial charge in [0.2, 0.25) is 0 Å². The molecule has 2 rings (SSSR count). The van der Waals surface area contributed by atoms with Gasteiger partial charge in [0.05, 0.1) is 12.7 Å². The van der Waals surface area contributed by atoms with Crippen molar-refractivity contribution in [2.24, 2.45) is 0 Å². The largest absolute Gasteiger partial charge is 0.491 e. The maximum absolute atomic E-state index is 10.8. The lowest BCUT2D eigenvalue weighted by Gasteiger charge is -2.14. The first-order valence-corrected chi connectivity index (χ1v) is 7.70. The van der Waals surface area contributed by atoms with Crippen molar-refractivity contribution in [3.63, 3.8) is 0 Å². The molecule has 0 heterocycles. The third kappa shape index (κ3) is 6.53. The van der Waals surface area contributed by atoms with Crippen molar-refractivity contribution >= 4 is 5.97 Å². The van der Waals surface area contributed by atoms with E-state index in [1.165, 1.54) is 12.5 Å². The highest BCUT2D eigenvalue weighted by molar-refractivity contribution is 5.69. The summed E-state index contributed by atoms with van der Waals surface area (Å²) in [5.74, 6) is 0.900. The van der Waals surface area contributed by atoms with Gasteiger partial charge in [-0.25, -0.2) is 0 Å². The summed E-state index contributed by atoms with van der Waals surface area (Å²) in [5, 5.41) is 0. The lowest BCUT2D eigenvalue weighted by Crippen LogP contribution is -2.16. The van der Waals surface area contributed by atoms with Crippen LogP contribution in [0.3, 0.4) is 0 Å². The van der Waals surface area contributed by atoms with Crippen LogP contribution in [0, 0.1) is 0 Å². The van der Waals surface area contributed by atoms with Crippen LogP contribution in [0.4, 0.5) is 0 Å². The van der Waals surface area contributed by atoms with Crippen molar-refractivity contribution in [3.8, 4) is 11.5 Å². The zero-order chi connectivity index (χ0) is 16.5. The van der Waals surface area contributed by atoms with Crippen molar-refractivity contribution in [3.05, 3.63) is 60.2 Å². The second-order valence-corrected chi connectivity index (χ2v) is 5.28. The molecule has 23 heavy (non-hydrogen) atoms. The van der Waals surface area contributed by atoms with E-state index in [2.05, 4.69) is 19.1 Å². The van der Waals surface area contributed by atoms with Crippen LogP contribution in [-0.2, 0) is 16.0 Å². The average molecular weight is 314 g/mol. The van der Waals surface area contributed by atoms with E-state index in [4.69, 9.17) is 14.2 Å². The maximum atomic E-state index is 10.8. The summed E-state index contributed by atoms with van der Waals surface area (Å²) in [6.45, 7) is 4.44. The molecular formula is C19H22O4. The maximum Gasteiger partial charge on any atom is 0.308 e. The molecule has 0 radical (unpaired) electrons. The molecule has 0 aliphatic heterocycles. The third-order valence-corrected chi connectivity index (χ3v) is 3.21. The fourth-order valence-corrected chi connectivity index (χ4v) is 2.18. The van der Waals surface area contributed by atoms with Crippen LogP contribution in [0.5, 0.6) is 11.5 Å². The average Bonchev–Trinajstić information content (AvgIpc) is 2.53. The Labute approximate surface area is 137 Å². The predicted molar refractivity (Wildman–Crippen MR) is 88.8 cm³/mol. The molecule has 0 spiro atoms. The van der Waals surface area contributed by atoms with Crippen molar-refractivity contribution in [1.29, 1.82) is 0 Å². The molecule has 0 saturated carbocycles. The summed E-state index contributed by atoms with van der Waals surface area (Å²) < 4.78 is 16.3. The monoisotopic (exact) mass is 314 g/mol. The summed E-state index contributed by atoms with van der Waals surface area (Å²) in [4.78, 5) is 10.8. The molecule has 0 bridgehead atoms. The van der Waals surface area contributed by atoms with Crippen molar-refractivity contribution in [2.75, 3.05) is 13.2 Å². The quantitative estimate of drug-likeness (QED) is 0.424. The SMILES string of the molecule is CC(=O)Oc1ccc(OCCOC(C)Cc2ccccc2)cc1. The number of carbonyl (C=O) groups is 1. The Morgan fingerprint density at radius 3 is 2.26 bits per heavy atom. The second kappa shape index (κ2) is 8.96. The molecule has 0 N–H and O–H groups in total. The number of rotatable bonds is 8. The van der Waals surface area contributed by atoms with E-state index in [1.807, 2.05) is 18.2 Å². The van der Waals surface area contributed by atoms with Crippen LogP contribution in [-0.4, -0.2) is 25.3 Å². The molecule has 0 aromatic heterocycles. The van der Waals surface area contributed by atoms with E-state index in [9.17, 15) is 4.79 Å². The minimum Gasteiger partial charge on any atom is -0.491 e. The zero-order valence-electron chi connectivity index (χ0n) is 13.5. The molecule has 0 saturated heterocycles. The van der Waals surface area contributed by atoms with Gasteiger partial charge in [-0.15, -0.1) is 0 Å². The van der Waals surface area contributed by atoms with Crippen LogP contribution in [0.15, 0.2) is 54.6 Å². The molecule has 1 atom stereocenters. The lowest BCUT2D eigenvalue weighted by atomic mass is 10.1. The smallest absolute Gasteiger partial charge is 0.308 e. The molecule has 2 aromatic rings. The summed E-state index contributed by atoms with van der Waals surface area (Å²) in [7, 11) is 0. The molecule has 122 valence electrons. The second-order valence-electron chi connectivity index (χ2n) is 5.28. The molecule has 1 unspecified atom stereocenters. The Kier molecular flexibility index (Phi) is 6.63. The third-order valence-electron chi connectivity index (χ3n) is 3.21. The van der Waals surface area contributed by atoms with E-state index < -0.39 is 0 Å². The first-order valence-electron chi connectivity index (χ1n) is 7.70. The first kappa shape index (κ1) is 17.0. The number of hydrogen-bond acceptors (Lipinski definition) is 4. The standard InChI is InChI=1S/C19H22O4/c1-15(14-17-6-4-3-5-7-17)21-12-13-22-18-8-10-19(11-9-18)23-16(2)20/h3-11,15H,12-14H2,1-2H3. The Morgan fingerprint density at radius 1 is 0.957 bits per heavy atom. The number of esters is 1. The fourth-order valence-electron chi connectivity index (χ4n) is 2.18. The Morgan fingerprint density at radius 2 is 1.61 bits per heavy atom. The van der Waals surface area contributed by atoms with Gasteiger partial charge in [-0.3, -0.25) is 4.79 Å². The minimum absolute atomic E-state index is 0.146. The van der Waals surface area contributed by atoms with E-state index in [-0.39, 0.29) is 12.1 Å². The van der Waals surface area contributed by atoms with E-state index in [0.29, 0.717) is 19.0 Å². The summed E-state index contributed by atoms with van der Waals surface area (Å²) >= 11 is 0. The molecule has 0 fully saturated rings. The van der Waals surface area contributed by atoms with Crippen LogP contribution in [0.25, 0.3) is 0 Å². The Balaban J connectivity index is 1.66. The Bertz CT molecular complexity index is 593. The van der Waals surface area contributed by atoms with E-state index in [0.717, 1.165) is 12.2 Å². The van der Waals surface area contributed by atoms with Gasteiger partial charge < -0.3 is 14.2 Å². The van der Waals surface area contributed by atoms with Crippen LogP contribution in [0.1, 0.15) is 19.4 Å². The Hall–Kier alpha value is -2.33. The molecular weight excluding hydrogens is 292 g/mol. The van der Waals surface area contributed by atoms with Crippen LogP contribution >= 0.6 is 0 Å². The first-order chi connectivity index (χ1) is 11.1. The van der Waals surface area contributed by atoms with Crippen molar-refractivity contribution in [2.45, 2.75) is 26.4 Å². The van der Waals surface area contributed by atoms with E-state index in [1.54, 1.807) is 24.3 Å². The van der Waals surface area contributed by atoms with Gasteiger partial charge in [0.25, 0.3) is 0 Å². The van der Waals surface area contributed by atoms with Gasteiger partial charge in [-0.1, -0.05) is 30.3 Å². The van der Waals surface area contributed by atoms with Crippen LogP contribution < -0.4 is 9.47 Å². The van der Waals surface area contributed by atoms with Gasteiger partial charge in [0.1, 0.15) is 18.1 Å². The lowest BCUT2D eigenvalue weighted by molar-refractivity contribution is -0.131. The van der Waals surface area contributed by atoms with E-state index >= 15 is 0 Å². The van der Waals surface area contributed by atoms with Crippen molar-refractivity contribution < 1.29 is 19.0 Å². The number of benzene rings is 2. The highest BCUT2D eigenvalue weighted by Gasteiger charge is 2.04. The highest BCUT2D eigenvalue weighted by Crippen LogP contribution is 2.17. The van der Waals surface area contributed by atoms with Gasteiger partial charge in [-0.2, -0.15) is 0 Å². The molecule has 4 nitrogen and oxygen atoms in total. The van der Waals surface area contributed by atoms with Gasteiger partial charge in [0, 0.05) is 6.92 Å². The molecule has 4 heteroatoms. The molecule has 2 aromatic carbocycles. The van der Waals surface area contributed by atoms with Crippen LogP contribution in [0.2, 0.25) is 0 Å². The summed E-state index contributed by atoms with van der Waals surface area (Å²) in [6, 6.07) is 17.2. The van der Waals surface area contributed by atoms with Gasteiger partial charge in [0.15, 0.2) is 0 Å². The number of ether oxygens (including phenoxy) is 3. The topological polar surface area (TPSA) is 44.8 Å². The van der Waals surface area contributed by atoms with Gasteiger partial charge >= 0.3 is 5.97 Å². The fraction of sp³-hybridized carbons (Fsp3) is 0.316. The highest BCUT2D eigenvalue weighted by atomic mass is 16.5. The predicted octanol–water partition coefficient (Wildman–Crippen LogP) is 3.64. The summed E-state index contributed by atoms with van der Waals surface area (Å²) in [5.41, 5.74) is 1.27. The molecule has 0 amide bonds. The zero-order valence-corrected chi connectivity index (χ0v) is 13.5. The number of carbonyl (C=O) groups excluding carboxylic acids is 1.